The van der Waals surface area contributed by atoms with Crippen LogP contribution in [-0.4, -0.2) is 40.0 Å². The highest BCUT2D eigenvalue weighted by Crippen LogP contribution is 2.25. The average molecular weight is 595 g/mol. The minimum Gasteiger partial charge on any atom is -0.508 e. The normalized spacial score (nSPS) is 10.7. The highest BCUT2D eigenvalue weighted by molar-refractivity contribution is 5.82. The van der Waals surface area contributed by atoms with Crippen LogP contribution in [0.2, 0.25) is 0 Å². The Balaban J connectivity index is 0.000000646. The van der Waals surface area contributed by atoms with Crippen LogP contribution in [0.25, 0.3) is 12.2 Å². The van der Waals surface area contributed by atoms with Crippen LogP contribution >= 0.6 is 0 Å². The zero-order valence-corrected chi connectivity index (χ0v) is 26.5. The SMILES string of the molecule is C=CC(=O)OC(C)(C)CCC(C)(C)OC(=O)C=C.C=Cc1ccc(O)cc1.C=Cc1ccc(OC(=O)OC(C)(C)C)cc1. The third-order valence-electron chi connectivity index (χ3n) is 5.25. The van der Waals surface area contributed by atoms with E-state index in [-0.39, 0.29) is 0 Å². The molecule has 0 aliphatic rings. The quantitative estimate of drug-likeness (QED) is 0.126. The van der Waals surface area contributed by atoms with Gasteiger partial charge >= 0.3 is 18.1 Å². The maximum absolute atomic E-state index is 11.3. The molecule has 0 atom stereocenters. The third-order valence-corrected chi connectivity index (χ3v) is 5.25. The number of hydrogen-bond acceptors (Lipinski definition) is 8. The average Bonchev–Trinajstić information content (AvgIpc) is 2.92. The van der Waals surface area contributed by atoms with Crippen molar-refractivity contribution in [2.75, 3.05) is 0 Å². The summed E-state index contributed by atoms with van der Waals surface area (Å²) in [5, 5.41) is 8.82. The van der Waals surface area contributed by atoms with Crippen LogP contribution in [0.4, 0.5) is 4.79 Å². The summed E-state index contributed by atoms with van der Waals surface area (Å²) < 4.78 is 20.4. The number of esters is 2. The molecule has 0 aliphatic carbocycles. The number of benzene rings is 2. The summed E-state index contributed by atoms with van der Waals surface area (Å²) in [5.74, 6) is -0.165. The highest BCUT2D eigenvalue weighted by Gasteiger charge is 2.28. The van der Waals surface area contributed by atoms with Gasteiger partial charge in [-0.15, -0.1) is 0 Å². The van der Waals surface area contributed by atoms with Crippen molar-refractivity contribution in [3.05, 3.63) is 98.1 Å². The van der Waals surface area contributed by atoms with E-state index in [0.29, 0.717) is 24.3 Å². The number of carbonyl (C=O) groups is 3. The van der Waals surface area contributed by atoms with Crippen molar-refractivity contribution < 1.29 is 38.4 Å². The van der Waals surface area contributed by atoms with Gasteiger partial charge in [0.15, 0.2) is 0 Å². The molecular formula is C35H46O8. The van der Waals surface area contributed by atoms with Crippen LogP contribution in [0.15, 0.2) is 87.0 Å². The zero-order chi connectivity index (χ0) is 33.3. The van der Waals surface area contributed by atoms with Gasteiger partial charge in [0.2, 0.25) is 0 Å². The molecule has 0 aromatic heterocycles. The molecule has 2 aromatic carbocycles. The number of aromatic hydroxyl groups is 1. The van der Waals surface area contributed by atoms with Crippen LogP contribution in [-0.2, 0) is 23.8 Å². The highest BCUT2D eigenvalue weighted by atomic mass is 16.7. The summed E-state index contributed by atoms with van der Waals surface area (Å²) in [5.41, 5.74) is 0.203. The molecule has 0 radical (unpaired) electrons. The molecule has 0 amide bonds. The van der Waals surface area contributed by atoms with Gasteiger partial charge in [-0.2, -0.15) is 0 Å². The molecule has 0 unspecified atom stereocenters. The van der Waals surface area contributed by atoms with Gasteiger partial charge < -0.3 is 24.1 Å². The molecule has 1 N–H and O–H groups in total. The second-order valence-electron chi connectivity index (χ2n) is 11.4. The summed E-state index contributed by atoms with van der Waals surface area (Å²) in [4.78, 5) is 33.6. The van der Waals surface area contributed by atoms with E-state index in [1.165, 1.54) is 0 Å². The topological polar surface area (TPSA) is 108 Å². The lowest BCUT2D eigenvalue weighted by atomic mass is 9.93. The maximum Gasteiger partial charge on any atom is 0.514 e. The van der Waals surface area contributed by atoms with Crippen LogP contribution in [0.3, 0.4) is 0 Å². The summed E-state index contributed by atoms with van der Waals surface area (Å²) in [6.45, 7) is 26.5. The first-order valence-electron chi connectivity index (χ1n) is 13.6. The van der Waals surface area contributed by atoms with E-state index < -0.39 is 34.9 Å². The fraction of sp³-hybridized carbons (Fsp3) is 0.343. The van der Waals surface area contributed by atoms with E-state index in [4.69, 9.17) is 24.1 Å². The molecule has 8 nitrogen and oxygen atoms in total. The van der Waals surface area contributed by atoms with Crippen molar-refractivity contribution in [1.29, 1.82) is 0 Å². The number of hydrogen-bond donors (Lipinski definition) is 1. The van der Waals surface area contributed by atoms with Gasteiger partial charge in [0.1, 0.15) is 28.3 Å². The second kappa shape index (κ2) is 18.1. The summed E-state index contributed by atoms with van der Waals surface area (Å²) in [6.07, 6.45) is 6.17. The molecule has 8 heteroatoms. The predicted molar refractivity (Wildman–Crippen MR) is 172 cm³/mol. The lowest BCUT2D eigenvalue weighted by Gasteiger charge is -2.30. The van der Waals surface area contributed by atoms with E-state index in [0.717, 1.165) is 23.3 Å². The Morgan fingerprint density at radius 1 is 0.651 bits per heavy atom. The number of carbonyl (C=O) groups excluding carboxylic acids is 3. The van der Waals surface area contributed by atoms with Crippen molar-refractivity contribution in [3.8, 4) is 11.5 Å². The molecule has 0 bridgehead atoms. The molecule has 0 aliphatic heterocycles. The number of phenolic OH excluding ortho intramolecular Hbond substituents is 1. The lowest BCUT2D eigenvalue weighted by molar-refractivity contribution is -0.157. The molecule has 0 saturated carbocycles. The Morgan fingerprint density at radius 2 is 1.02 bits per heavy atom. The molecule has 2 aromatic rings. The first kappa shape index (κ1) is 38.4. The van der Waals surface area contributed by atoms with Gasteiger partial charge in [-0.3, -0.25) is 0 Å². The van der Waals surface area contributed by atoms with Crippen LogP contribution in [0.5, 0.6) is 11.5 Å². The van der Waals surface area contributed by atoms with E-state index in [9.17, 15) is 14.4 Å². The summed E-state index contributed by atoms with van der Waals surface area (Å²) in [6, 6.07) is 13.9. The van der Waals surface area contributed by atoms with E-state index in [1.807, 2.05) is 24.3 Å². The molecule has 0 saturated heterocycles. The largest absolute Gasteiger partial charge is 0.514 e. The van der Waals surface area contributed by atoms with Crippen molar-refractivity contribution in [3.63, 3.8) is 0 Å². The molecule has 0 fully saturated rings. The van der Waals surface area contributed by atoms with Crippen molar-refractivity contribution in [2.24, 2.45) is 0 Å². The fourth-order valence-electron chi connectivity index (χ4n) is 2.98. The molecular weight excluding hydrogens is 548 g/mol. The van der Waals surface area contributed by atoms with Crippen LogP contribution < -0.4 is 4.74 Å². The summed E-state index contributed by atoms with van der Waals surface area (Å²) in [7, 11) is 0. The van der Waals surface area contributed by atoms with E-state index >= 15 is 0 Å². The Bertz CT molecular complexity index is 1180. The zero-order valence-electron chi connectivity index (χ0n) is 26.5. The van der Waals surface area contributed by atoms with Crippen molar-refractivity contribution >= 4 is 30.2 Å². The van der Waals surface area contributed by atoms with Crippen molar-refractivity contribution in [2.45, 2.75) is 78.1 Å². The molecule has 2 rings (SSSR count). The third kappa shape index (κ3) is 19.2. The van der Waals surface area contributed by atoms with Gasteiger partial charge in [0, 0.05) is 12.2 Å². The smallest absolute Gasteiger partial charge is 0.508 e. The monoisotopic (exact) mass is 594 g/mol. The molecule has 43 heavy (non-hydrogen) atoms. The van der Waals surface area contributed by atoms with Gasteiger partial charge in [-0.1, -0.05) is 62.7 Å². The van der Waals surface area contributed by atoms with Gasteiger partial charge in [0.25, 0.3) is 0 Å². The molecule has 0 spiro atoms. The van der Waals surface area contributed by atoms with E-state index in [1.54, 1.807) is 84.9 Å². The van der Waals surface area contributed by atoms with Crippen LogP contribution in [0, 0.1) is 0 Å². The Morgan fingerprint density at radius 3 is 1.35 bits per heavy atom. The van der Waals surface area contributed by atoms with Gasteiger partial charge in [-0.25, -0.2) is 14.4 Å². The minimum atomic E-state index is -0.696. The standard InChI is InChI=1S/C14H22O4.C13H16O3.C8H8O/c1-7-11(15)17-13(3,4)9-10-14(5,6)18-12(16)8-2;1-5-10-6-8-11(9-7-10)15-12(14)16-13(2,3)4;1-2-7-3-5-8(9)6-4-7/h7-8H,1-2,9-10H2,3-6H3;5-9H,1H2,2-4H3;2-6,9H,1H2. The lowest BCUT2D eigenvalue weighted by Crippen LogP contribution is -2.33. The number of rotatable bonds is 10. The molecule has 0 heterocycles. The van der Waals surface area contributed by atoms with Crippen molar-refractivity contribution in [1.82, 2.24) is 0 Å². The van der Waals surface area contributed by atoms with Crippen LogP contribution in [0.1, 0.15) is 72.4 Å². The minimum absolute atomic E-state index is 0.292. The Labute approximate surface area is 256 Å². The number of ether oxygens (including phenoxy) is 4. The Kier molecular flexibility index (Phi) is 16.1. The van der Waals surface area contributed by atoms with E-state index in [2.05, 4.69) is 26.3 Å². The van der Waals surface area contributed by atoms with Gasteiger partial charge in [0.05, 0.1) is 0 Å². The Hall–Kier alpha value is -4.59. The number of phenols is 1. The van der Waals surface area contributed by atoms with Gasteiger partial charge in [-0.05, 0) is 96.7 Å². The fourth-order valence-corrected chi connectivity index (χ4v) is 2.98. The summed E-state index contributed by atoms with van der Waals surface area (Å²) >= 11 is 0. The molecule has 234 valence electrons. The maximum atomic E-state index is 11.3. The predicted octanol–water partition coefficient (Wildman–Crippen LogP) is 8.46. The first-order chi connectivity index (χ1) is 19.8. The first-order valence-corrected chi connectivity index (χ1v) is 13.6. The second-order valence-corrected chi connectivity index (χ2v) is 11.4.